The molecule has 19 heavy (non-hydrogen) atoms. The zero-order chi connectivity index (χ0) is 14.3. The second-order valence-corrected chi connectivity index (χ2v) is 8.99. The molecule has 2 rings (SSSR count). The Morgan fingerprint density at radius 2 is 1.89 bits per heavy atom. The Balaban J connectivity index is 2.45. The van der Waals surface area contributed by atoms with Gasteiger partial charge >= 0.3 is 7.67 Å². The minimum atomic E-state index is -3.77. The van der Waals surface area contributed by atoms with E-state index in [9.17, 15) is 9.13 Å². The number of H-pyrrole nitrogens is 1. The van der Waals surface area contributed by atoms with Crippen LogP contribution in [0.2, 0.25) is 0 Å². The summed E-state index contributed by atoms with van der Waals surface area (Å²) in [5.41, 5.74) is 21.0. The third-order valence-electron chi connectivity index (χ3n) is 1.69. The summed E-state index contributed by atoms with van der Waals surface area (Å²) in [5.74, 6) is -0.137. The van der Waals surface area contributed by atoms with Crippen LogP contribution in [0.15, 0.2) is 11.5 Å². The quantitative estimate of drug-likeness (QED) is 0.469. The molecule has 0 aliphatic heterocycles. The summed E-state index contributed by atoms with van der Waals surface area (Å²) >= 11 is 0.643. The zero-order valence-corrected chi connectivity index (χ0v) is 11.9. The number of imidazole rings is 1. The molecule has 0 aliphatic rings. The molecule has 104 valence electrons. The van der Waals surface area contributed by atoms with Crippen LogP contribution < -0.4 is 26.5 Å². The van der Waals surface area contributed by atoms with Crippen LogP contribution in [0.3, 0.4) is 0 Å². The van der Waals surface area contributed by atoms with Crippen LogP contribution in [0.4, 0.5) is 0 Å². The third kappa shape index (κ3) is 3.98. The standard InChI is InChI=1S/C5H10N8O3P2S/c6-17(7,14)16-4-2-3(10-1-11-4)13-5(12-2)19-18(8,9)15/h1H,(H4,6,7,14)(H4,8,9,15)(H,10,11,12,13). The summed E-state index contributed by atoms with van der Waals surface area (Å²) in [7, 11) is -3.77. The van der Waals surface area contributed by atoms with Crippen LogP contribution in [0.5, 0.6) is 5.88 Å². The van der Waals surface area contributed by atoms with E-state index in [0.29, 0.717) is 11.4 Å². The van der Waals surface area contributed by atoms with Gasteiger partial charge in [0.1, 0.15) is 11.8 Å². The van der Waals surface area contributed by atoms with Crippen LogP contribution in [0.1, 0.15) is 0 Å². The Hall–Kier alpha value is -1.000. The van der Waals surface area contributed by atoms with Gasteiger partial charge in [-0.15, -0.1) is 0 Å². The molecule has 11 nitrogen and oxygen atoms in total. The molecule has 0 aromatic carbocycles. The largest absolute Gasteiger partial charge is 0.401 e. The smallest absolute Gasteiger partial charge is 0.386 e. The molecule has 0 unspecified atom stereocenters. The molecular weight excluding hydrogens is 314 g/mol. The third-order valence-corrected chi connectivity index (χ3v) is 4.17. The van der Waals surface area contributed by atoms with Gasteiger partial charge in [0.2, 0.25) is 0 Å². The molecule has 0 atom stereocenters. The maximum Gasteiger partial charge on any atom is 0.386 e. The highest BCUT2D eigenvalue weighted by atomic mass is 32.7. The van der Waals surface area contributed by atoms with E-state index < -0.39 is 14.3 Å². The van der Waals surface area contributed by atoms with Crippen molar-refractivity contribution in [2.45, 2.75) is 5.16 Å². The topological polar surface area (TPSA) is 202 Å². The molecule has 2 aromatic heterocycles. The number of hydrogen-bond donors (Lipinski definition) is 5. The fraction of sp³-hybridized carbons (Fsp3) is 0. The first-order valence-corrected chi connectivity index (χ1v) is 9.61. The minimum Gasteiger partial charge on any atom is -0.401 e. The number of rotatable bonds is 4. The van der Waals surface area contributed by atoms with E-state index in [-0.39, 0.29) is 22.2 Å². The molecule has 0 bridgehead atoms. The maximum atomic E-state index is 11.3. The van der Waals surface area contributed by atoms with Crippen LogP contribution in [-0.2, 0) is 9.13 Å². The van der Waals surface area contributed by atoms with Crippen LogP contribution >= 0.6 is 25.7 Å². The van der Waals surface area contributed by atoms with Gasteiger partial charge in [0.15, 0.2) is 10.8 Å². The molecule has 0 saturated carbocycles. The first-order chi connectivity index (χ1) is 8.64. The lowest BCUT2D eigenvalue weighted by Gasteiger charge is -2.07. The highest BCUT2D eigenvalue weighted by Crippen LogP contribution is 2.47. The molecule has 0 saturated heterocycles. The molecule has 14 heteroatoms. The van der Waals surface area contributed by atoms with Crippen molar-refractivity contribution in [2.24, 2.45) is 22.0 Å². The molecule has 2 heterocycles. The number of fused-ring (bicyclic) bond motifs is 1. The molecule has 9 N–H and O–H groups in total. The summed E-state index contributed by atoms with van der Waals surface area (Å²) in [5, 5.41) is 0.151. The van der Waals surface area contributed by atoms with Gasteiger partial charge in [-0.1, -0.05) is 0 Å². The van der Waals surface area contributed by atoms with Crippen molar-refractivity contribution in [3.05, 3.63) is 6.33 Å². The number of nitrogens with one attached hydrogen (secondary N) is 1. The Morgan fingerprint density at radius 1 is 1.21 bits per heavy atom. The van der Waals surface area contributed by atoms with Crippen molar-refractivity contribution in [3.8, 4) is 5.88 Å². The minimum absolute atomic E-state index is 0.137. The predicted octanol–water partition coefficient (Wildman–Crippen LogP) is -0.125. The second kappa shape index (κ2) is 4.84. The zero-order valence-electron chi connectivity index (χ0n) is 9.26. The number of aromatic nitrogens is 4. The van der Waals surface area contributed by atoms with Gasteiger partial charge in [-0.25, -0.2) is 25.5 Å². The number of hydrogen-bond acceptors (Lipinski definition) is 7. The molecule has 0 aliphatic carbocycles. The van der Waals surface area contributed by atoms with E-state index >= 15 is 0 Å². The number of aromatic amines is 1. The number of nitrogens with zero attached hydrogens (tertiary/aromatic N) is 3. The van der Waals surface area contributed by atoms with Gasteiger partial charge in [0.05, 0.1) is 0 Å². The monoisotopic (exact) mass is 324 g/mol. The van der Waals surface area contributed by atoms with Gasteiger partial charge < -0.3 is 9.51 Å². The van der Waals surface area contributed by atoms with Crippen molar-refractivity contribution in [3.63, 3.8) is 0 Å². The lowest BCUT2D eigenvalue weighted by molar-refractivity contribution is 0.476. The normalized spacial score (nSPS) is 12.8. The highest BCUT2D eigenvalue weighted by molar-refractivity contribution is 8.56. The van der Waals surface area contributed by atoms with Crippen molar-refractivity contribution in [2.75, 3.05) is 0 Å². The maximum absolute atomic E-state index is 11.3. The first kappa shape index (κ1) is 14.4. The van der Waals surface area contributed by atoms with E-state index in [1.807, 2.05) is 0 Å². The van der Waals surface area contributed by atoms with Crippen LogP contribution in [-0.4, -0.2) is 19.9 Å². The summed E-state index contributed by atoms with van der Waals surface area (Å²) in [6, 6.07) is 0. The second-order valence-electron chi connectivity index (χ2n) is 3.39. The molecular formula is C5H10N8O3P2S. The van der Waals surface area contributed by atoms with E-state index in [0.717, 1.165) is 6.33 Å². The predicted molar refractivity (Wildman–Crippen MR) is 70.1 cm³/mol. The lowest BCUT2D eigenvalue weighted by atomic mass is 10.5. The van der Waals surface area contributed by atoms with Gasteiger partial charge in [-0.2, -0.15) is 4.98 Å². The first-order valence-electron chi connectivity index (χ1n) is 4.58. The van der Waals surface area contributed by atoms with Gasteiger partial charge in [-0.05, 0) is 0 Å². The van der Waals surface area contributed by atoms with Gasteiger partial charge in [-0.3, -0.25) is 15.6 Å². The number of nitrogens with two attached hydrogens (primary N) is 4. The van der Waals surface area contributed by atoms with E-state index in [4.69, 9.17) is 26.5 Å². The van der Waals surface area contributed by atoms with Crippen LogP contribution in [0.25, 0.3) is 11.2 Å². The van der Waals surface area contributed by atoms with Crippen LogP contribution in [0, 0.1) is 0 Å². The van der Waals surface area contributed by atoms with E-state index in [2.05, 4.69) is 19.9 Å². The van der Waals surface area contributed by atoms with Gasteiger partial charge in [0.25, 0.3) is 12.5 Å². The van der Waals surface area contributed by atoms with E-state index in [1.54, 1.807) is 0 Å². The van der Waals surface area contributed by atoms with E-state index in [1.165, 1.54) is 0 Å². The SMILES string of the molecule is NP(N)(=O)Oc1ncnc2nc(SP(N)(N)=O)[nH]c12. The molecule has 0 radical (unpaired) electrons. The fourth-order valence-electron chi connectivity index (χ4n) is 1.17. The molecule has 0 amide bonds. The lowest BCUT2D eigenvalue weighted by Crippen LogP contribution is -2.11. The summed E-state index contributed by atoms with van der Waals surface area (Å²) < 4.78 is 27.3. The average molecular weight is 324 g/mol. The summed E-state index contributed by atoms with van der Waals surface area (Å²) in [6.07, 6.45) is 1.12. The Bertz CT molecular complexity index is 705. The Kier molecular flexibility index (Phi) is 3.67. The average Bonchev–Trinajstić information content (AvgIpc) is 2.55. The Morgan fingerprint density at radius 3 is 2.47 bits per heavy atom. The van der Waals surface area contributed by atoms with Crippen molar-refractivity contribution in [1.82, 2.24) is 19.9 Å². The van der Waals surface area contributed by atoms with Gasteiger partial charge in [0, 0.05) is 11.4 Å². The Labute approximate surface area is 110 Å². The van der Waals surface area contributed by atoms with Crippen molar-refractivity contribution >= 4 is 36.9 Å². The fourth-order valence-corrected chi connectivity index (χ4v) is 3.19. The van der Waals surface area contributed by atoms with Crippen molar-refractivity contribution < 1.29 is 13.7 Å². The molecule has 0 spiro atoms. The molecule has 0 fully saturated rings. The van der Waals surface area contributed by atoms with Crippen molar-refractivity contribution in [1.29, 1.82) is 0 Å². The highest BCUT2D eigenvalue weighted by Gasteiger charge is 2.20. The summed E-state index contributed by atoms with van der Waals surface area (Å²) in [6.45, 7) is -3.37. The molecule has 2 aromatic rings. The summed E-state index contributed by atoms with van der Waals surface area (Å²) in [4.78, 5) is 14.2.